The van der Waals surface area contributed by atoms with E-state index in [-0.39, 0.29) is 17.9 Å². The Morgan fingerprint density at radius 2 is 1.89 bits per heavy atom. The van der Waals surface area contributed by atoms with Gasteiger partial charge in [-0.05, 0) is 45.1 Å². The molecule has 1 aliphatic carbocycles. The summed E-state index contributed by atoms with van der Waals surface area (Å²) in [4.78, 5) is 9.01. The van der Waals surface area contributed by atoms with Crippen molar-refractivity contribution in [1.29, 1.82) is 0 Å². The lowest BCUT2D eigenvalue weighted by Crippen LogP contribution is -2.65. The molecule has 1 aromatic carbocycles. The van der Waals surface area contributed by atoms with Crippen LogP contribution in [0.15, 0.2) is 30.3 Å². The summed E-state index contributed by atoms with van der Waals surface area (Å²) in [7, 11) is 0. The van der Waals surface area contributed by atoms with Gasteiger partial charge in [0.1, 0.15) is 6.23 Å². The molecular formula is C23H34N2O2. The highest BCUT2D eigenvalue weighted by atomic mass is 16.7. The smallest absolute Gasteiger partial charge is 0.129 e. The molecule has 0 bridgehead atoms. The highest BCUT2D eigenvalue weighted by molar-refractivity contribution is 5.16. The highest BCUT2D eigenvalue weighted by Crippen LogP contribution is 2.51. The summed E-state index contributed by atoms with van der Waals surface area (Å²) < 4.78 is 6.85. The molecule has 0 N–H and O–H groups in total. The van der Waals surface area contributed by atoms with Gasteiger partial charge in [0.05, 0.1) is 18.2 Å². The van der Waals surface area contributed by atoms with E-state index in [1.54, 1.807) is 0 Å². The summed E-state index contributed by atoms with van der Waals surface area (Å²) in [5.74, 6) is 1.96. The molecule has 3 aliphatic heterocycles. The van der Waals surface area contributed by atoms with Gasteiger partial charge in [0.15, 0.2) is 0 Å². The van der Waals surface area contributed by atoms with Crippen LogP contribution < -0.4 is 0 Å². The summed E-state index contributed by atoms with van der Waals surface area (Å²) in [6.07, 6.45) is 4.68. The van der Waals surface area contributed by atoms with Gasteiger partial charge in [-0.3, -0.25) is 9.74 Å². The average molecular weight is 371 g/mol. The van der Waals surface area contributed by atoms with Crippen LogP contribution in [0.1, 0.15) is 52.5 Å². The maximum Gasteiger partial charge on any atom is 0.129 e. The van der Waals surface area contributed by atoms with Crippen LogP contribution in [0, 0.1) is 17.8 Å². The maximum absolute atomic E-state index is 6.85. The number of nitrogens with zero attached hydrogens (tertiary/aromatic N) is 2. The van der Waals surface area contributed by atoms with Gasteiger partial charge < -0.3 is 4.74 Å². The van der Waals surface area contributed by atoms with E-state index in [1.807, 2.05) is 0 Å². The van der Waals surface area contributed by atoms with Crippen molar-refractivity contribution in [2.45, 2.75) is 83.5 Å². The first-order valence-corrected chi connectivity index (χ1v) is 10.8. The third kappa shape index (κ3) is 2.88. The van der Waals surface area contributed by atoms with Crippen molar-refractivity contribution in [3.63, 3.8) is 0 Å². The fraction of sp³-hybridized carbons (Fsp3) is 0.739. The van der Waals surface area contributed by atoms with Crippen LogP contribution >= 0.6 is 0 Å². The van der Waals surface area contributed by atoms with E-state index in [0.717, 1.165) is 19.0 Å². The van der Waals surface area contributed by atoms with Crippen molar-refractivity contribution < 1.29 is 9.57 Å². The Labute approximate surface area is 163 Å². The molecular weight excluding hydrogens is 336 g/mol. The van der Waals surface area contributed by atoms with Crippen molar-refractivity contribution >= 4 is 0 Å². The molecule has 1 aromatic rings. The van der Waals surface area contributed by atoms with Crippen molar-refractivity contribution in [2.24, 2.45) is 17.8 Å². The molecule has 3 heterocycles. The first kappa shape index (κ1) is 18.1. The molecule has 0 amide bonds. The highest BCUT2D eigenvalue weighted by Gasteiger charge is 2.61. The standard InChI is InChI=1S/C23H34N2O2/c1-15-10-11-19-20(12-15)26-22-21-18(14-24(22)23(19,3)4)16(2)27-25(21)13-17-8-6-5-7-9-17/h5-9,15-16,18-22H,10-14H2,1-4H3/t15-,16+,18+,19-,20-,21-,22+/m1/s1. The van der Waals surface area contributed by atoms with E-state index in [0.29, 0.717) is 24.0 Å². The fourth-order valence-corrected chi connectivity index (χ4v) is 6.28. The van der Waals surface area contributed by atoms with Crippen LogP contribution in [0.4, 0.5) is 0 Å². The SMILES string of the molecule is C[C@@H]1CC[C@@H]2[C@@H](C1)O[C@H]1[C@H]3[C@@H](CN1C2(C)C)[C@H](C)ON3Cc1ccccc1. The molecule has 4 nitrogen and oxygen atoms in total. The van der Waals surface area contributed by atoms with Crippen LogP contribution in [0.25, 0.3) is 0 Å². The Hall–Kier alpha value is -0.940. The molecule has 27 heavy (non-hydrogen) atoms. The molecule has 0 radical (unpaired) electrons. The molecule has 4 aliphatic rings. The normalized spacial score (nSPS) is 43.9. The Kier molecular flexibility index (Phi) is 4.39. The molecule has 0 spiro atoms. The third-order valence-corrected chi connectivity index (χ3v) is 7.88. The van der Waals surface area contributed by atoms with Gasteiger partial charge in [-0.15, -0.1) is 0 Å². The van der Waals surface area contributed by atoms with Gasteiger partial charge in [-0.2, -0.15) is 5.06 Å². The number of rotatable bonds is 2. The zero-order chi connectivity index (χ0) is 18.8. The van der Waals surface area contributed by atoms with Crippen LogP contribution in [0.2, 0.25) is 0 Å². The first-order chi connectivity index (χ1) is 12.9. The first-order valence-electron chi connectivity index (χ1n) is 10.8. The zero-order valence-electron chi connectivity index (χ0n) is 17.2. The monoisotopic (exact) mass is 370 g/mol. The molecule has 0 unspecified atom stereocenters. The molecule has 7 atom stereocenters. The number of hydrogen-bond donors (Lipinski definition) is 0. The van der Waals surface area contributed by atoms with Gasteiger partial charge in [0.25, 0.3) is 0 Å². The van der Waals surface area contributed by atoms with E-state index >= 15 is 0 Å². The van der Waals surface area contributed by atoms with Gasteiger partial charge in [-0.25, -0.2) is 0 Å². The van der Waals surface area contributed by atoms with E-state index in [2.05, 4.69) is 68.0 Å². The van der Waals surface area contributed by atoms with Crippen molar-refractivity contribution in [1.82, 2.24) is 9.96 Å². The zero-order valence-corrected chi connectivity index (χ0v) is 17.2. The largest absolute Gasteiger partial charge is 0.358 e. The average Bonchev–Trinajstić information content (AvgIpc) is 3.15. The minimum Gasteiger partial charge on any atom is -0.358 e. The van der Waals surface area contributed by atoms with E-state index in [4.69, 9.17) is 9.57 Å². The quantitative estimate of drug-likeness (QED) is 0.784. The summed E-state index contributed by atoms with van der Waals surface area (Å²) in [5.41, 5.74) is 1.51. The maximum atomic E-state index is 6.85. The minimum absolute atomic E-state index is 0.158. The predicted octanol–water partition coefficient (Wildman–Crippen LogP) is 4.06. The van der Waals surface area contributed by atoms with E-state index < -0.39 is 0 Å². The van der Waals surface area contributed by atoms with Crippen LogP contribution in [0.3, 0.4) is 0 Å². The second kappa shape index (κ2) is 6.55. The molecule has 3 saturated heterocycles. The Balaban J connectivity index is 1.43. The number of ether oxygens (including phenoxy) is 1. The van der Waals surface area contributed by atoms with Crippen molar-refractivity contribution in [3.8, 4) is 0 Å². The third-order valence-electron chi connectivity index (χ3n) is 7.88. The molecule has 0 aromatic heterocycles. The van der Waals surface area contributed by atoms with Crippen molar-refractivity contribution in [2.75, 3.05) is 6.54 Å². The Bertz CT molecular complexity index is 678. The van der Waals surface area contributed by atoms with Crippen LogP contribution in [-0.2, 0) is 16.1 Å². The number of hydroxylamine groups is 2. The lowest BCUT2D eigenvalue weighted by Gasteiger charge is -2.56. The topological polar surface area (TPSA) is 24.9 Å². The summed E-state index contributed by atoms with van der Waals surface area (Å²) in [6.45, 7) is 11.5. The predicted molar refractivity (Wildman–Crippen MR) is 106 cm³/mol. The minimum atomic E-state index is 0.158. The van der Waals surface area contributed by atoms with E-state index in [9.17, 15) is 0 Å². The van der Waals surface area contributed by atoms with Gasteiger partial charge in [-0.1, -0.05) is 43.7 Å². The Morgan fingerprint density at radius 1 is 1.11 bits per heavy atom. The van der Waals surface area contributed by atoms with Gasteiger partial charge in [0.2, 0.25) is 0 Å². The van der Waals surface area contributed by atoms with Gasteiger partial charge in [0, 0.05) is 30.5 Å². The summed E-state index contributed by atoms with van der Waals surface area (Å²) in [6, 6.07) is 11.0. The lowest BCUT2D eigenvalue weighted by atomic mass is 9.70. The van der Waals surface area contributed by atoms with Crippen LogP contribution in [0.5, 0.6) is 0 Å². The number of hydrogen-bond acceptors (Lipinski definition) is 4. The summed E-state index contributed by atoms with van der Waals surface area (Å²) in [5, 5.41) is 2.23. The molecule has 4 heteroatoms. The number of benzene rings is 1. The molecule has 4 fully saturated rings. The second-order valence-electron chi connectivity index (χ2n) is 9.92. The Morgan fingerprint density at radius 3 is 2.67 bits per heavy atom. The molecule has 1 saturated carbocycles. The second-order valence-corrected chi connectivity index (χ2v) is 9.92. The molecule has 148 valence electrons. The van der Waals surface area contributed by atoms with Crippen molar-refractivity contribution in [3.05, 3.63) is 35.9 Å². The van der Waals surface area contributed by atoms with E-state index in [1.165, 1.54) is 24.8 Å². The summed E-state index contributed by atoms with van der Waals surface area (Å²) >= 11 is 0. The lowest BCUT2D eigenvalue weighted by molar-refractivity contribution is -0.262. The van der Waals surface area contributed by atoms with Crippen LogP contribution in [-0.4, -0.2) is 46.5 Å². The van der Waals surface area contributed by atoms with Gasteiger partial charge >= 0.3 is 0 Å². The fourth-order valence-electron chi connectivity index (χ4n) is 6.28. The number of fused-ring (bicyclic) bond motifs is 4. The molecule has 5 rings (SSSR count).